The van der Waals surface area contributed by atoms with Crippen molar-refractivity contribution in [1.29, 1.82) is 0 Å². The number of hydrogen-bond acceptors (Lipinski definition) is 4. The van der Waals surface area contributed by atoms with Crippen LogP contribution in [0.3, 0.4) is 0 Å². The minimum absolute atomic E-state index is 0.0915. The van der Waals surface area contributed by atoms with E-state index in [-0.39, 0.29) is 11.9 Å². The van der Waals surface area contributed by atoms with Crippen molar-refractivity contribution in [3.63, 3.8) is 0 Å². The van der Waals surface area contributed by atoms with E-state index in [1.165, 1.54) is 0 Å². The lowest BCUT2D eigenvalue weighted by molar-refractivity contribution is -0.171. The first-order chi connectivity index (χ1) is 16.8. The minimum atomic E-state index is -0.634. The van der Waals surface area contributed by atoms with Crippen molar-refractivity contribution in [3.8, 4) is 5.75 Å². The van der Waals surface area contributed by atoms with E-state index >= 15 is 0 Å². The molecule has 4 aromatic carbocycles. The van der Waals surface area contributed by atoms with Crippen LogP contribution in [0.15, 0.2) is 115 Å². The average Bonchev–Trinajstić information content (AvgIpc) is 3.33. The molecule has 0 spiro atoms. The second-order valence-corrected chi connectivity index (χ2v) is 8.26. The van der Waals surface area contributed by atoms with Crippen LogP contribution in [0.5, 0.6) is 5.75 Å². The van der Waals surface area contributed by atoms with E-state index in [9.17, 15) is 4.79 Å². The fourth-order valence-electron chi connectivity index (χ4n) is 4.61. The Bertz CT molecular complexity index is 1420. The van der Waals surface area contributed by atoms with Gasteiger partial charge in [0.25, 0.3) is 5.91 Å². The van der Waals surface area contributed by atoms with E-state index in [0.29, 0.717) is 5.75 Å². The zero-order valence-corrected chi connectivity index (χ0v) is 18.3. The van der Waals surface area contributed by atoms with Crippen LogP contribution >= 0.6 is 0 Å². The first-order valence-electron chi connectivity index (χ1n) is 11.2. The van der Waals surface area contributed by atoms with Gasteiger partial charge in [0, 0.05) is 0 Å². The Hall–Kier alpha value is -4.45. The summed E-state index contributed by atoms with van der Waals surface area (Å²) >= 11 is 0. The molecule has 3 unspecified atom stereocenters. The van der Waals surface area contributed by atoms with Crippen LogP contribution < -0.4 is 4.74 Å². The van der Waals surface area contributed by atoms with Crippen molar-refractivity contribution in [2.24, 2.45) is 0 Å². The number of β-lactam (4-membered cyclic amide) rings is 1. The third kappa shape index (κ3) is 3.40. The maximum Gasteiger partial charge on any atom is 0.268 e. The molecule has 1 fully saturated rings. The maximum atomic E-state index is 13.7. The molecule has 0 aliphatic carbocycles. The van der Waals surface area contributed by atoms with Crippen molar-refractivity contribution >= 4 is 16.9 Å². The van der Waals surface area contributed by atoms with Crippen LogP contribution in [0.1, 0.15) is 23.3 Å². The Morgan fingerprint density at radius 3 is 2.09 bits per heavy atom. The number of aromatic nitrogens is 3. The van der Waals surface area contributed by atoms with Crippen LogP contribution in [0.25, 0.3) is 11.0 Å². The molecule has 1 aliphatic heterocycles. The quantitative estimate of drug-likeness (QED) is 0.344. The lowest BCUT2D eigenvalue weighted by Gasteiger charge is -2.50. The molecular weight excluding hydrogens is 424 g/mol. The van der Waals surface area contributed by atoms with E-state index < -0.39 is 12.3 Å². The summed E-state index contributed by atoms with van der Waals surface area (Å²) in [6.07, 6.45) is -1.10. The van der Waals surface area contributed by atoms with Crippen molar-refractivity contribution < 1.29 is 9.53 Å². The molecule has 6 nitrogen and oxygen atoms in total. The number of carbonyl (C=O) groups is 1. The Kier molecular flexibility index (Phi) is 5.03. The van der Waals surface area contributed by atoms with Gasteiger partial charge in [0.1, 0.15) is 17.3 Å². The van der Waals surface area contributed by atoms with Crippen molar-refractivity contribution in [3.05, 3.63) is 126 Å². The van der Waals surface area contributed by atoms with Gasteiger partial charge >= 0.3 is 0 Å². The first-order valence-corrected chi connectivity index (χ1v) is 11.2. The second-order valence-electron chi connectivity index (χ2n) is 8.26. The molecule has 5 aromatic rings. The number of benzene rings is 4. The van der Waals surface area contributed by atoms with Gasteiger partial charge in [-0.2, -0.15) is 0 Å². The molecule has 3 atom stereocenters. The predicted molar refractivity (Wildman–Crippen MR) is 129 cm³/mol. The fourth-order valence-corrected chi connectivity index (χ4v) is 4.61. The minimum Gasteiger partial charge on any atom is -0.478 e. The lowest BCUT2D eigenvalue weighted by Crippen LogP contribution is -2.63. The SMILES string of the molecule is O=C1C(Oc2ccccc2)C(c2ccccc2)N1C(c1ccccc1)n1nnc2ccccc21. The number of para-hydroxylation sites is 2. The summed E-state index contributed by atoms with van der Waals surface area (Å²) in [5.74, 6) is 0.579. The van der Waals surface area contributed by atoms with Crippen molar-refractivity contribution in [2.45, 2.75) is 18.3 Å². The number of fused-ring (bicyclic) bond motifs is 1. The van der Waals surface area contributed by atoms with Gasteiger partial charge in [0.2, 0.25) is 6.10 Å². The monoisotopic (exact) mass is 446 g/mol. The van der Waals surface area contributed by atoms with Gasteiger partial charge in [0.05, 0.1) is 5.52 Å². The van der Waals surface area contributed by atoms with Crippen LogP contribution in [-0.2, 0) is 4.79 Å². The Labute approximate surface area is 197 Å². The standard InChI is InChI=1S/C28H22N4O2/c33-28-26(34-22-16-8-3-9-17-22)25(20-12-4-1-5-13-20)31(28)27(21-14-6-2-7-15-21)32-24-19-11-10-18-23(24)29-30-32/h1-19,25-27H. The van der Waals surface area contributed by atoms with Gasteiger partial charge in [-0.25, -0.2) is 4.68 Å². The van der Waals surface area contributed by atoms with Gasteiger partial charge in [-0.3, -0.25) is 4.79 Å². The number of amides is 1. The van der Waals surface area contributed by atoms with Crippen LogP contribution in [0.4, 0.5) is 0 Å². The number of carbonyl (C=O) groups excluding carboxylic acids is 1. The molecule has 6 rings (SSSR count). The van der Waals surface area contributed by atoms with Gasteiger partial charge in [-0.15, -0.1) is 5.10 Å². The summed E-state index contributed by atoms with van der Waals surface area (Å²) in [6, 6.07) is 36.9. The summed E-state index contributed by atoms with van der Waals surface area (Å²) in [5.41, 5.74) is 3.60. The van der Waals surface area contributed by atoms with Crippen molar-refractivity contribution in [2.75, 3.05) is 0 Å². The molecule has 2 heterocycles. The van der Waals surface area contributed by atoms with Crippen LogP contribution in [0, 0.1) is 0 Å². The van der Waals surface area contributed by atoms with Gasteiger partial charge in [-0.1, -0.05) is 96.2 Å². The molecular formula is C28H22N4O2. The number of nitrogens with zero attached hydrogens (tertiary/aromatic N) is 4. The Morgan fingerprint density at radius 1 is 0.735 bits per heavy atom. The number of likely N-dealkylation sites (tertiary alicyclic amines) is 1. The highest BCUT2D eigenvalue weighted by Crippen LogP contribution is 2.44. The van der Waals surface area contributed by atoms with Crippen molar-refractivity contribution in [1.82, 2.24) is 19.9 Å². The highest BCUT2D eigenvalue weighted by molar-refractivity contribution is 5.90. The van der Waals surface area contributed by atoms with E-state index in [4.69, 9.17) is 4.74 Å². The van der Waals surface area contributed by atoms with Crippen LogP contribution in [0.2, 0.25) is 0 Å². The van der Waals surface area contributed by atoms with E-state index in [0.717, 1.165) is 22.2 Å². The summed E-state index contributed by atoms with van der Waals surface area (Å²) in [6.45, 7) is 0. The van der Waals surface area contributed by atoms with Crippen LogP contribution in [-0.4, -0.2) is 31.9 Å². The molecule has 6 heteroatoms. The maximum absolute atomic E-state index is 13.7. The molecule has 0 bridgehead atoms. The highest BCUT2D eigenvalue weighted by atomic mass is 16.5. The van der Waals surface area contributed by atoms with E-state index in [2.05, 4.69) is 10.3 Å². The topological polar surface area (TPSA) is 60.2 Å². The first kappa shape index (κ1) is 20.2. The normalized spacial score (nSPS) is 18.5. The predicted octanol–water partition coefficient (Wildman–Crippen LogP) is 5.01. The molecule has 1 saturated heterocycles. The number of rotatable bonds is 6. The molecule has 1 aliphatic rings. The second kappa shape index (κ2) is 8.48. The molecule has 0 radical (unpaired) electrons. The molecule has 166 valence electrons. The molecule has 0 saturated carbocycles. The highest BCUT2D eigenvalue weighted by Gasteiger charge is 2.54. The molecule has 0 N–H and O–H groups in total. The summed E-state index contributed by atoms with van der Waals surface area (Å²) in [5, 5.41) is 8.84. The lowest BCUT2D eigenvalue weighted by atomic mass is 9.88. The fraction of sp³-hybridized carbons (Fsp3) is 0.107. The third-order valence-electron chi connectivity index (χ3n) is 6.20. The van der Waals surface area contributed by atoms with E-state index in [1.54, 1.807) is 0 Å². The smallest absolute Gasteiger partial charge is 0.268 e. The van der Waals surface area contributed by atoms with Gasteiger partial charge < -0.3 is 9.64 Å². The summed E-state index contributed by atoms with van der Waals surface area (Å²) < 4.78 is 8.04. The van der Waals surface area contributed by atoms with E-state index in [1.807, 2.05) is 125 Å². The average molecular weight is 447 g/mol. The Balaban J connectivity index is 1.48. The largest absolute Gasteiger partial charge is 0.478 e. The zero-order chi connectivity index (χ0) is 22.9. The Morgan fingerprint density at radius 2 is 1.35 bits per heavy atom. The summed E-state index contributed by atoms with van der Waals surface area (Å²) in [4.78, 5) is 15.6. The molecule has 1 aromatic heterocycles. The zero-order valence-electron chi connectivity index (χ0n) is 18.3. The number of hydrogen-bond donors (Lipinski definition) is 0. The number of ether oxygens (including phenoxy) is 1. The third-order valence-corrected chi connectivity index (χ3v) is 6.20. The molecule has 34 heavy (non-hydrogen) atoms. The van der Waals surface area contributed by atoms with Gasteiger partial charge in [0.15, 0.2) is 6.17 Å². The summed E-state index contributed by atoms with van der Waals surface area (Å²) in [7, 11) is 0. The molecule has 1 amide bonds. The van der Waals surface area contributed by atoms with Gasteiger partial charge in [-0.05, 0) is 35.4 Å².